The number of halogens is 1. The predicted octanol–water partition coefficient (Wildman–Crippen LogP) is 4.53. The third-order valence-corrected chi connectivity index (χ3v) is 5.96. The number of amidine groups is 1. The molecule has 10 heteroatoms. The molecule has 2 N–H and O–H groups in total. The SMILES string of the molecule is CC(OC(=O)Nc1cnoc1C1=NC2=NC(C3(C(=O)O)CC3)=CC2=C1)c1ccccc1Cl. The lowest BCUT2D eigenvalue weighted by atomic mass is 10.0. The van der Waals surface area contributed by atoms with Gasteiger partial charge in [0.25, 0.3) is 0 Å². The summed E-state index contributed by atoms with van der Waals surface area (Å²) in [4.78, 5) is 32.7. The first-order valence-electron chi connectivity index (χ1n) is 9.89. The molecule has 32 heavy (non-hydrogen) atoms. The van der Waals surface area contributed by atoms with Gasteiger partial charge in [-0.2, -0.15) is 0 Å². The first-order chi connectivity index (χ1) is 15.4. The molecule has 3 aliphatic rings. The highest BCUT2D eigenvalue weighted by Crippen LogP contribution is 2.54. The van der Waals surface area contributed by atoms with E-state index < -0.39 is 23.6 Å². The quantitative estimate of drug-likeness (QED) is 0.663. The van der Waals surface area contributed by atoms with Crippen LogP contribution in [0.2, 0.25) is 5.02 Å². The Morgan fingerprint density at radius 3 is 2.72 bits per heavy atom. The van der Waals surface area contributed by atoms with Gasteiger partial charge in [-0.3, -0.25) is 10.1 Å². The van der Waals surface area contributed by atoms with Crippen LogP contribution < -0.4 is 5.32 Å². The molecule has 1 saturated carbocycles. The summed E-state index contributed by atoms with van der Waals surface area (Å²) in [6.07, 6.45) is 4.66. The predicted molar refractivity (Wildman–Crippen MR) is 116 cm³/mol. The van der Waals surface area contributed by atoms with Crippen LogP contribution in [0.5, 0.6) is 0 Å². The molecule has 1 aromatic carbocycles. The molecule has 2 aliphatic heterocycles. The number of carboxylic acid groups (broad SMARTS) is 1. The highest BCUT2D eigenvalue weighted by molar-refractivity contribution is 6.31. The van der Waals surface area contributed by atoms with Crippen LogP contribution in [0.1, 0.15) is 37.2 Å². The molecule has 0 saturated heterocycles. The van der Waals surface area contributed by atoms with Crippen molar-refractivity contribution in [3.05, 3.63) is 70.2 Å². The third kappa shape index (κ3) is 3.40. The fourth-order valence-electron chi connectivity index (χ4n) is 3.66. The normalized spacial score (nSPS) is 18.7. The van der Waals surface area contributed by atoms with Crippen LogP contribution in [0, 0.1) is 5.41 Å². The van der Waals surface area contributed by atoms with E-state index in [9.17, 15) is 14.7 Å². The standard InChI is InChI=1S/C22H17ClN4O5/c1-11(13-4-2-3-5-14(13)23)31-21(30)26-16-10-24-32-18(16)15-8-12-9-17(27-19(12)25-15)22(6-7-22)20(28)29/h2-5,8-11H,6-7H2,1H3,(H,26,30)(H,28,29). The van der Waals surface area contributed by atoms with Crippen LogP contribution in [0.3, 0.4) is 0 Å². The largest absolute Gasteiger partial charge is 0.481 e. The van der Waals surface area contributed by atoms with E-state index in [1.54, 1.807) is 37.3 Å². The number of ether oxygens (including phenoxy) is 1. The number of fused-ring (bicyclic) bond motifs is 1. The first-order valence-corrected chi connectivity index (χ1v) is 10.3. The van der Waals surface area contributed by atoms with Gasteiger partial charge >= 0.3 is 12.1 Å². The molecule has 0 bridgehead atoms. The molecule has 0 radical (unpaired) electrons. The highest BCUT2D eigenvalue weighted by atomic mass is 35.5. The van der Waals surface area contributed by atoms with E-state index in [4.69, 9.17) is 20.9 Å². The summed E-state index contributed by atoms with van der Waals surface area (Å²) >= 11 is 6.16. The number of aliphatic carboxylic acids is 1. The molecule has 1 aliphatic carbocycles. The molecule has 1 fully saturated rings. The van der Waals surface area contributed by atoms with Crippen LogP contribution in [0.15, 0.2) is 68.4 Å². The van der Waals surface area contributed by atoms with Gasteiger partial charge in [-0.25, -0.2) is 14.8 Å². The Morgan fingerprint density at radius 2 is 2.03 bits per heavy atom. The Kier molecular flexibility index (Phi) is 4.70. The lowest BCUT2D eigenvalue weighted by molar-refractivity contribution is -0.141. The number of nitrogens with one attached hydrogen (secondary N) is 1. The number of carbonyl (C=O) groups is 2. The second kappa shape index (κ2) is 7.45. The van der Waals surface area contributed by atoms with Crippen LogP contribution in [-0.2, 0) is 9.53 Å². The van der Waals surface area contributed by atoms with Gasteiger partial charge in [0.1, 0.15) is 22.9 Å². The molecule has 9 nitrogen and oxygen atoms in total. The van der Waals surface area contributed by atoms with Crippen molar-refractivity contribution in [2.24, 2.45) is 15.4 Å². The minimum atomic E-state index is -0.894. The Balaban J connectivity index is 1.29. The molecule has 1 atom stereocenters. The first kappa shape index (κ1) is 20.2. The minimum Gasteiger partial charge on any atom is -0.481 e. The number of hydrogen-bond donors (Lipinski definition) is 2. The highest BCUT2D eigenvalue weighted by Gasteiger charge is 2.55. The van der Waals surface area contributed by atoms with Crippen molar-refractivity contribution in [3.8, 4) is 0 Å². The molecule has 1 aromatic heterocycles. The van der Waals surface area contributed by atoms with Crippen LogP contribution in [-0.4, -0.2) is 33.9 Å². The van der Waals surface area contributed by atoms with E-state index in [0.717, 1.165) is 0 Å². The van der Waals surface area contributed by atoms with Crippen molar-refractivity contribution in [1.29, 1.82) is 0 Å². The van der Waals surface area contributed by atoms with Crippen LogP contribution in [0.4, 0.5) is 10.5 Å². The lowest BCUT2D eigenvalue weighted by Gasteiger charge is -2.15. The van der Waals surface area contributed by atoms with Crippen molar-refractivity contribution in [3.63, 3.8) is 0 Å². The van der Waals surface area contributed by atoms with E-state index in [1.165, 1.54) is 6.20 Å². The van der Waals surface area contributed by atoms with Gasteiger partial charge in [0.05, 0.1) is 11.9 Å². The number of carbonyl (C=O) groups excluding carboxylic acids is 1. The second-order valence-corrected chi connectivity index (χ2v) is 8.12. The van der Waals surface area contributed by atoms with Gasteiger partial charge in [0.15, 0.2) is 5.84 Å². The van der Waals surface area contributed by atoms with E-state index in [-0.39, 0.29) is 11.4 Å². The zero-order chi connectivity index (χ0) is 22.5. The fraction of sp³-hybridized carbons (Fsp3) is 0.227. The van der Waals surface area contributed by atoms with Crippen LogP contribution in [0.25, 0.3) is 0 Å². The Labute approximate surface area is 187 Å². The molecular formula is C22H17ClN4O5. The summed E-state index contributed by atoms with van der Waals surface area (Å²) in [5.74, 6) is -0.213. The Bertz CT molecular complexity index is 1270. The lowest BCUT2D eigenvalue weighted by Crippen LogP contribution is -2.17. The number of hydrogen-bond acceptors (Lipinski definition) is 7. The number of rotatable bonds is 6. The number of aromatic nitrogens is 1. The van der Waals surface area contributed by atoms with Gasteiger partial charge in [0.2, 0.25) is 5.76 Å². The smallest absolute Gasteiger partial charge is 0.412 e. The molecular weight excluding hydrogens is 436 g/mol. The molecule has 2 aromatic rings. The average Bonchev–Trinajstić information content (AvgIpc) is 3.05. The molecule has 5 rings (SSSR count). The Morgan fingerprint density at radius 1 is 1.25 bits per heavy atom. The number of carboxylic acids is 1. The van der Waals surface area contributed by atoms with E-state index in [0.29, 0.717) is 46.2 Å². The molecule has 162 valence electrons. The summed E-state index contributed by atoms with van der Waals surface area (Å²) in [5.41, 5.74) is 1.70. The van der Waals surface area contributed by atoms with E-state index >= 15 is 0 Å². The van der Waals surface area contributed by atoms with Crippen molar-refractivity contribution < 1.29 is 24.0 Å². The van der Waals surface area contributed by atoms with Crippen molar-refractivity contribution in [1.82, 2.24) is 5.16 Å². The fourth-order valence-corrected chi connectivity index (χ4v) is 3.95. The van der Waals surface area contributed by atoms with E-state index in [1.807, 2.05) is 6.07 Å². The topological polar surface area (TPSA) is 126 Å². The summed E-state index contributed by atoms with van der Waals surface area (Å²) in [7, 11) is 0. The van der Waals surface area contributed by atoms with Crippen molar-refractivity contribution in [2.45, 2.75) is 25.9 Å². The summed E-state index contributed by atoms with van der Waals surface area (Å²) in [6, 6.07) is 7.11. The minimum absolute atomic E-state index is 0.242. The van der Waals surface area contributed by atoms with E-state index in [2.05, 4.69) is 20.5 Å². The monoisotopic (exact) mass is 452 g/mol. The van der Waals surface area contributed by atoms with Gasteiger partial charge in [0, 0.05) is 16.2 Å². The molecule has 0 spiro atoms. The number of anilines is 1. The third-order valence-electron chi connectivity index (χ3n) is 5.61. The van der Waals surface area contributed by atoms with Crippen molar-refractivity contribution in [2.75, 3.05) is 5.32 Å². The summed E-state index contributed by atoms with van der Waals surface area (Å²) in [6.45, 7) is 1.72. The Hall–Kier alpha value is -3.72. The average molecular weight is 453 g/mol. The molecule has 1 amide bonds. The van der Waals surface area contributed by atoms with Crippen LogP contribution >= 0.6 is 11.6 Å². The maximum Gasteiger partial charge on any atom is 0.412 e. The van der Waals surface area contributed by atoms with Crippen molar-refractivity contribution >= 4 is 40.9 Å². The second-order valence-electron chi connectivity index (χ2n) is 7.71. The molecule has 3 heterocycles. The maximum atomic E-state index is 12.4. The number of aliphatic imine (C=N–C) groups is 2. The van der Waals surface area contributed by atoms with Gasteiger partial charge in [-0.05, 0) is 38.0 Å². The van der Waals surface area contributed by atoms with Gasteiger partial charge < -0.3 is 14.4 Å². The zero-order valence-electron chi connectivity index (χ0n) is 16.8. The summed E-state index contributed by atoms with van der Waals surface area (Å²) < 4.78 is 10.7. The summed E-state index contributed by atoms with van der Waals surface area (Å²) in [5, 5.41) is 16.3. The maximum absolute atomic E-state index is 12.4. The van der Waals surface area contributed by atoms with Gasteiger partial charge in [-0.1, -0.05) is 35.0 Å². The molecule has 1 unspecified atom stereocenters. The zero-order valence-corrected chi connectivity index (χ0v) is 17.6. The number of amides is 1. The number of benzene rings is 1. The number of allylic oxidation sites excluding steroid dienone is 1. The number of nitrogens with zero attached hydrogens (tertiary/aromatic N) is 3. The van der Waals surface area contributed by atoms with Gasteiger partial charge in [-0.15, -0.1) is 0 Å².